The molecule has 2 aromatic rings. The first kappa shape index (κ1) is 19.0. The third kappa shape index (κ3) is 5.37. The molecular formula is C21H27ClN2O2. The van der Waals surface area contributed by atoms with Crippen molar-refractivity contribution in [2.24, 2.45) is 0 Å². The lowest BCUT2D eigenvalue weighted by Crippen LogP contribution is -2.49. The van der Waals surface area contributed by atoms with Gasteiger partial charge in [0.15, 0.2) is 0 Å². The van der Waals surface area contributed by atoms with Gasteiger partial charge in [-0.05, 0) is 55.3 Å². The highest BCUT2D eigenvalue weighted by Crippen LogP contribution is 2.21. The smallest absolute Gasteiger partial charge is 0.119 e. The Balaban J connectivity index is 1.44. The first-order valence-corrected chi connectivity index (χ1v) is 9.49. The van der Waals surface area contributed by atoms with E-state index in [0.717, 1.165) is 42.6 Å². The molecule has 1 saturated heterocycles. The van der Waals surface area contributed by atoms with Crippen molar-refractivity contribution < 1.29 is 9.84 Å². The maximum absolute atomic E-state index is 10.3. The Morgan fingerprint density at radius 1 is 1.04 bits per heavy atom. The van der Waals surface area contributed by atoms with Crippen molar-refractivity contribution in [1.29, 1.82) is 0 Å². The summed E-state index contributed by atoms with van der Waals surface area (Å²) < 4.78 is 5.77. The number of piperazine rings is 1. The van der Waals surface area contributed by atoms with Crippen LogP contribution >= 0.6 is 11.6 Å². The summed E-state index contributed by atoms with van der Waals surface area (Å²) >= 11 is 6.08. The number of benzene rings is 2. The van der Waals surface area contributed by atoms with Gasteiger partial charge in [0.1, 0.15) is 18.5 Å². The molecule has 5 heteroatoms. The van der Waals surface area contributed by atoms with E-state index in [-0.39, 0.29) is 0 Å². The fourth-order valence-corrected chi connectivity index (χ4v) is 3.61. The predicted octanol–water partition coefficient (Wildman–Crippen LogP) is 3.52. The highest BCUT2D eigenvalue weighted by Gasteiger charge is 2.20. The number of nitrogens with zero attached hydrogens (tertiary/aromatic N) is 2. The van der Waals surface area contributed by atoms with Gasteiger partial charge in [0.2, 0.25) is 0 Å². The minimum absolute atomic E-state index is 0.317. The first-order chi connectivity index (χ1) is 12.5. The second-order valence-electron chi connectivity index (χ2n) is 7.06. The molecule has 1 aliphatic rings. The summed E-state index contributed by atoms with van der Waals surface area (Å²) in [5, 5.41) is 11.1. The van der Waals surface area contributed by atoms with Gasteiger partial charge < -0.3 is 14.7 Å². The molecule has 4 nitrogen and oxygen atoms in total. The molecular weight excluding hydrogens is 348 g/mol. The summed E-state index contributed by atoms with van der Waals surface area (Å²) in [6, 6.07) is 14.1. The zero-order valence-electron chi connectivity index (χ0n) is 15.5. The van der Waals surface area contributed by atoms with E-state index in [1.54, 1.807) is 0 Å². The highest BCUT2D eigenvalue weighted by molar-refractivity contribution is 6.30. The Hall–Kier alpha value is -1.75. The Bertz CT molecular complexity index is 709. The molecule has 3 rings (SSSR count). The number of β-amino-alcohol motifs (C(OH)–C–C–N with tert-alkyl or cyclic N) is 1. The van der Waals surface area contributed by atoms with Gasteiger partial charge in [0.25, 0.3) is 0 Å². The summed E-state index contributed by atoms with van der Waals surface area (Å²) in [6.45, 7) is 8.77. The molecule has 26 heavy (non-hydrogen) atoms. The average Bonchev–Trinajstić information content (AvgIpc) is 2.60. The van der Waals surface area contributed by atoms with E-state index in [9.17, 15) is 5.11 Å². The van der Waals surface area contributed by atoms with Crippen LogP contribution in [-0.4, -0.2) is 55.4 Å². The molecule has 0 aliphatic carbocycles. The van der Waals surface area contributed by atoms with Crippen LogP contribution in [0.25, 0.3) is 0 Å². The fourth-order valence-electron chi connectivity index (χ4n) is 3.42. The van der Waals surface area contributed by atoms with Crippen LogP contribution in [0.15, 0.2) is 42.5 Å². The summed E-state index contributed by atoms with van der Waals surface area (Å²) in [6.07, 6.45) is -0.492. The number of aliphatic hydroxyl groups excluding tert-OH is 1. The third-order valence-corrected chi connectivity index (χ3v) is 4.89. The summed E-state index contributed by atoms with van der Waals surface area (Å²) in [4.78, 5) is 4.62. The molecule has 140 valence electrons. The Labute approximate surface area is 160 Å². The van der Waals surface area contributed by atoms with Crippen molar-refractivity contribution in [2.45, 2.75) is 20.0 Å². The zero-order chi connectivity index (χ0) is 18.5. The van der Waals surface area contributed by atoms with Crippen molar-refractivity contribution in [3.8, 4) is 5.75 Å². The SMILES string of the molecule is Cc1cc(C)cc(OC[C@H](O)CN2CCN(c3cccc(Cl)c3)CC2)c1. The molecule has 1 heterocycles. The second-order valence-corrected chi connectivity index (χ2v) is 7.49. The maximum atomic E-state index is 10.3. The van der Waals surface area contributed by atoms with Gasteiger partial charge in [-0.1, -0.05) is 23.7 Å². The molecule has 0 bridgehead atoms. The van der Waals surface area contributed by atoms with Gasteiger partial charge in [-0.2, -0.15) is 0 Å². The number of ether oxygens (including phenoxy) is 1. The van der Waals surface area contributed by atoms with Gasteiger partial charge in [0.05, 0.1) is 0 Å². The summed E-state index contributed by atoms with van der Waals surface area (Å²) in [5.41, 5.74) is 3.51. The van der Waals surface area contributed by atoms with Gasteiger partial charge in [0, 0.05) is 43.4 Å². The fraction of sp³-hybridized carbons (Fsp3) is 0.429. The summed E-state index contributed by atoms with van der Waals surface area (Å²) in [7, 11) is 0. The van der Waals surface area contributed by atoms with E-state index < -0.39 is 6.10 Å². The van der Waals surface area contributed by atoms with Crippen molar-refractivity contribution in [3.05, 3.63) is 58.6 Å². The Morgan fingerprint density at radius 2 is 1.73 bits per heavy atom. The second kappa shape index (κ2) is 8.76. The molecule has 1 N–H and O–H groups in total. The van der Waals surface area contributed by atoms with Crippen LogP contribution in [0, 0.1) is 13.8 Å². The van der Waals surface area contributed by atoms with Crippen LogP contribution in [0.2, 0.25) is 5.02 Å². The van der Waals surface area contributed by atoms with E-state index in [0.29, 0.717) is 13.2 Å². The number of aryl methyl sites for hydroxylation is 2. The number of anilines is 1. The van der Waals surface area contributed by atoms with Gasteiger partial charge in [-0.3, -0.25) is 4.90 Å². The minimum Gasteiger partial charge on any atom is -0.491 e. The Morgan fingerprint density at radius 3 is 2.38 bits per heavy atom. The molecule has 0 spiro atoms. The molecule has 0 saturated carbocycles. The number of aliphatic hydroxyl groups is 1. The van der Waals surface area contributed by atoms with Crippen LogP contribution in [-0.2, 0) is 0 Å². The van der Waals surface area contributed by atoms with E-state index >= 15 is 0 Å². The van der Waals surface area contributed by atoms with E-state index in [1.807, 2.05) is 30.3 Å². The lowest BCUT2D eigenvalue weighted by molar-refractivity contribution is 0.0663. The largest absolute Gasteiger partial charge is 0.491 e. The number of hydrogen-bond acceptors (Lipinski definition) is 4. The maximum Gasteiger partial charge on any atom is 0.119 e. The zero-order valence-corrected chi connectivity index (χ0v) is 16.2. The lowest BCUT2D eigenvalue weighted by Gasteiger charge is -2.36. The van der Waals surface area contributed by atoms with Crippen LogP contribution in [0.3, 0.4) is 0 Å². The Kier molecular flexibility index (Phi) is 6.41. The molecule has 1 aliphatic heterocycles. The minimum atomic E-state index is -0.492. The van der Waals surface area contributed by atoms with Crippen molar-refractivity contribution in [3.63, 3.8) is 0 Å². The molecule has 0 unspecified atom stereocenters. The predicted molar refractivity (Wildman–Crippen MR) is 108 cm³/mol. The van der Waals surface area contributed by atoms with E-state index in [1.165, 1.54) is 11.1 Å². The molecule has 0 aromatic heterocycles. The van der Waals surface area contributed by atoms with E-state index in [2.05, 4.69) is 35.8 Å². The van der Waals surface area contributed by atoms with Crippen molar-refractivity contribution in [2.75, 3.05) is 44.2 Å². The highest BCUT2D eigenvalue weighted by atomic mass is 35.5. The monoisotopic (exact) mass is 374 g/mol. The molecule has 2 aromatic carbocycles. The quantitative estimate of drug-likeness (QED) is 0.839. The van der Waals surface area contributed by atoms with Crippen LogP contribution in [0.5, 0.6) is 5.75 Å². The average molecular weight is 375 g/mol. The van der Waals surface area contributed by atoms with E-state index in [4.69, 9.17) is 16.3 Å². The molecule has 1 atom stereocenters. The van der Waals surface area contributed by atoms with Gasteiger partial charge >= 0.3 is 0 Å². The molecule has 0 radical (unpaired) electrons. The van der Waals surface area contributed by atoms with Crippen molar-refractivity contribution >= 4 is 17.3 Å². The van der Waals surface area contributed by atoms with Gasteiger partial charge in [-0.25, -0.2) is 0 Å². The third-order valence-electron chi connectivity index (χ3n) is 4.65. The molecule has 1 fully saturated rings. The van der Waals surface area contributed by atoms with Crippen LogP contribution in [0.4, 0.5) is 5.69 Å². The number of hydrogen-bond donors (Lipinski definition) is 1. The first-order valence-electron chi connectivity index (χ1n) is 9.11. The van der Waals surface area contributed by atoms with Crippen molar-refractivity contribution in [1.82, 2.24) is 4.90 Å². The standard InChI is InChI=1S/C21H27ClN2O2/c1-16-10-17(2)12-21(11-16)26-15-20(25)14-23-6-8-24(9-7-23)19-5-3-4-18(22)13-19/h3-5,10-13,20,25H,6-9,14-15H2,1-2H3/t20-/m1/s1. The topological polar surface area (TPSA) is 35.9 Å². The number of rotatable bonds is 6. The summed E-state index contributed by atoms with van der Waals surface area (Å²) in [5.74, 6) is 0.826. The van der Waals surface area contributed by atoms with Crippen LogP contribution in [0.1, 0.15) is 11.1 Å². The molecule has 0 amide bonds. The number of halogens is 1. The van der Waals surface area contributed by atoms with Gasteiger partial charge in [-0.15, -0.1) is 0 Å². The lowest BCUT2D eigenvalue weighted by atomic mass is 10.1. The normalized spacial score (nSPS) is 16.5. The van der Waals surface area contributed by atoms with Crippen LogP contribution < -0.4 is 9.64 Å².